The Hall–Kier alpha value is 0.390. The Balaban J connectivity index is 0.00000169. The summed E-state index contributed by atoms with van der Waals surface area (Å²) >= 11 is 5.19. The van der Waals surface area contributed by atoms with Crippen molar-refractivity contribution in [3.8, 4) is 0 Å². The van der Waals surface area contributed by atoms with Crippen LogP contribution in [0.2, 0.25) is 0 Å². The van der Waals surface area contributed by atoms with Gasteiger partial charge in [-0.1, -0.05) is 6.42 Å². The highest BCUT2D eigenvalue weighted by Crippen LogP contribution is 2.30. The molecule has 1 aromatic heterocycles. The highest BCUT2D eigenvalue weighted by molar-refractivity contribution is 9.10. The van der Waals surface area contributed by atoms with Crippen molar-refractivity contribution in [2.45, 2.75) is 25.3 Å². The maximum atomic E-state index is 6.02. The summed E-state index contributed by atoms with van der Waals surface area (Å²) in [6, 6.07) is 2.21. The lowest BCUT2D eigenvalue weighted by molar-refractivity contribution is 0.596. The van der Waals surface area contributed by atoms with Crippen molar-refractivity contribution in [3.05, 3.63) is 20.8 Å². The van der Waals surface area contributed by atoms with Gasteiger partial charge in [-0.3, -0.25) is 0 Å². The molecule has 0 aliphatic rings. The van der Waals surface area contributed by atoms with E-state index in [0.29, 0.717) is 0 Å². The van der Waals surface area contributed by atoms with Crippen LogP contribution in [0.1, 0.15) is 30.2 Å². The van der Waals surface area contributed by atoms with E-state index in [0.717, 1.165) is 30.3 Å². The van der Waals surface area contributed by atoms with Gasteiger partial charge in [0.1, 0.15) is 0 Å². The van der Waals surface area contributed by atoms with Gasteiger partial charge in [0.05, 0.1) is 0 Å². The van der Waals surface area contributed by atoms with Crippen LogP contribution in [-0.2, 0) is 0 Å². The second-order valence-electron chi connectivity index (χ2n) is 3.02. The zero-order valence-corrected chi connectivity index (χ0v) is 11.1. The van der Waals surface area contributed by atoms with Crippen molar-refractivity contribution in [3.63, 3.8) is 0 Å². The second kappa shape index (κ2) is 7.65. The van der Waals surface area contributed by atoms with Crippen LogP contribution in [-0.4, -0.2) is 6.54 Å². The molecule has 0 aliphatic heterocycles. The third-order valence-corrected chi connectivity index (χ3v) is 3.95. The fraction of sp³-hybridized carbons (Fsp3) is 0.556. The summed E-state index contributed by atoms with van der Waals surface area (Å²) in [5, 5.41) is 2.06. The second-order valence-corrected chi connectivity index (χ2v) is 4.83. The van der Waals surface area contributed by atoms with Gasteiger partial charge in [0.25, 0.3) is 0 Å². The number of nitrogens with two attached hydrogens (primary N) is 2. The van der Waals surface area contributed by atoms with E-state index < -0.39 is 0 Å². The van der Waals surface area contributed by atoms with E-state index in [2.05, 4.69) is 21.3 Å². The minimum atomic E-state index is 0. The molecule has 1 aromatic rings. The number of rotatable bonds is 5. The fourth-order valence-electron chi connectivity index (χ4n) is 1.21. The Kier molecular flexibility index (Phi) is 7.86. The van der Waals surface area contributed by atoms with Gasteiger partial charge in [-0.25, -0.2) is 0 Å². The van der Waals surface area contributed by atoms with Crippen molar-refractivity contribution in [2.24, 2.45) is 11.5 Å². The molecule has 0 fully saturated rings. The first kappa shape index (κ1) is 14.4. The monoisotopic (exact) mass is 298 g/mol. The Morgan fingerprint density at radius 1 is 1.43 bits per heavy atom. The third-order valence-electron chi connectivity index (χ3n) is 1.95. The van der Waals surface area contributed by atoms with Crippen LogP contribution < -0.4 is 11.5 Å². The van der Waals surface area contributed by atoms with Crippen LogP contribution >= 0.6 is 39.7 Å². The quantitative estimate of drug-likeness (QED) is 0.821. The standard InChI is InChI=1S/C9H15BrN2S.ClH/c10-7-4-6-13-9(7)8(12)3-1-2-5-11;/h4,6,8H,1-3,5,11-12H2;1H/t8-;/m1./s1. The van der Waals surface area contributed by atoms with E-state index in [1.807, 2.05) is 6.07 Å². The molecule has 0 aromatic carbocycles. The highest BCUT2D eigenvalue weighted by Gasteiger charge is 2.10. The fourth-order valence-corrected chi connectivity index (χ4v) is 2.92. The largest absolute Gasteiger partial charge is 0.330 e. The molecule has 0 aliphatic carbocycles. The zero-order chi connectivity index (χ0) is 9.68. The molecule has 1 atom stereocenters. The molecule has 2 nitrogen and oxygen atoms in total. The summed E-state index contributed by atoms with van der Waals surface area (Å²) in [7, 11) is 0. The van der Waals surface area contributed by atoms with Crippen LogP contribution in [0.15, 0.2) is 15.9 Å². The first-order valence-electron chi connectivity index (χ1n) is 4.44. The number of hydrogen-bond donors (Lipinski definition) is 2. The number of halogens is 2. The topological polar surface area (TPSA) is 52.0 Å². The van der Waals surface area contributed by atoms with E-state index in [1.165, 1.54) is 4.88 Å². The first-order chi connectivity index (χ1) is 6.25. The molecule has 0 saturated heterocycles. The van der Waals surface area contributed by atoms with Gasteiger partial charge in [0, 0.05) is 15.4 Å². The summed E-state index contributed by atoms with van der Waals surface area (Å²) in [6.45, 7) is 0.762. The van der Waals surface area contributed by atoms with Crippen LogP contribution in [0, 0.1) is 0 Å². The summed E-state index contributed by atoms with van der Waals surface area (Å²) < 4.78 is 1.14. The molecule has 0 radical (unpaired) electrons. The Labute approximate surface area is 104 Å². The molecule has 4 N–H and O–H groups in total. The van der Waals surface area contributed by atoms with Crippen molar-refractivity contribution in [2.75, 3.05) is 6.54 Å². The van der Waals surface area contributed by atoms with Crippen LogP contribution in [0.3, 0.4) is 0 Å². The minimum absolute atomic E-state index is 0. The Morgan fingerprint density at radius 2 is 2.14 bits per heavy atom. The summed E-state index contributed by atoms with van der Waals surface area (Å²) in [5.74, 6) is 0. The average Bonchev–Trinajstić information content (AvgIpc) is 2.52. The van der Waals surface area contributed by atoms with E-state index in [1.54, 1.807) is 11.3 Å². The maximum absolute atomic E-state index is 6.02. The molecular formula is C9H16BrClN2S. The van der Waals surface area contributed by atoms with Gasteiger partial charge in [0.2, 0.25) is 0 Å². The lowest BCUT2D eigenvalue weighted by Crippen LogP contribution is -2.09. The van der Waals surface area contributed by atoms with Gasteiger partial charge >= 0.3 is 0 Å². The third kappa shape index (κ3) is 4.28. The molecule has 1 heterocycles. The number of hydrogen-bond acceptors (Lipinski definition) is 3. The SMILES string of the molecule is Cl.NCCCC[C@@H](N)c1sccc1Br. The van der Waals surface area contributed by atoms with Gasteiger partial charge in [0.15, 0.2) is 0 Å². The van der Waals surface area contributed by atoms with Crippen molar-refractivity contribution in [1.29, 1.82) is 0 Å². The van der Waals surface area contributed by atoms with Crippen molar-refractivity contribution >= 4 is 39.7 Å². The van der Waals surface area contributed by atoms with E-state index in [9.17, 15) is 0 Å². The molecule has 14 heavy (non-hydrogen) atoms. The van der Waals surface area contributed by atoms with Gasteiger partial charge in [-0.2, -0.15) is 0 Å². The van der Waals surface area contributed by atoms with E-state index in [-0.39, 0.29) is 18.4 Å². The predicted molar refractivity (Wildman–Crippen MR) is 69.1 cm³/mol. The lowest BCUT2D eigenvalue weighted by Gasteiger charge is -2.09. The van der Waals surface area contributed by atoms with Crippen LogP contribution in [0.5, 0.6) is 0 Å². The zero-order valence-electron chi connectivity index (χ0n) is 7.91. The molecule has 0 unspecified atom stereocenters. The lowest BCUT2D eigenvalue weighted by atomic mass is 10.1. The number of unbranched alkanes of at least 4 members (excludes halogenated alkanes) is 1. The van der Waals surface area contributed by atoms with Gasteiger partial charge in [-0.05, 0) is 46.8 Å². The van der Waals surface area contributed by atoms with Gasteiger partial charge in [-0.15, -0.1) is 23.7 Å². The summed E-state index contributed by atoms with van der Waals surface area (Å²) in [5.41, 5.74) is 11.4. The van der Waals surface area contributed by atoms with Crippen molar-refractivity contribution in [1.82, 2.24) is 0 Å². The van der Waals surface area contributed by atoms with Crippen LogP contribution in [0.4, 0.5) is 0 Å². The molecule has 82 valence electrons. The smallest absolute Gasteiger partial charge is 0.0401 e. The maximum Gasteiger partial charge on any atom is 0.0401 e. The Bertz CT molecular complexity index is 255. The first-order valence-corrected chi connectivity index (χ1v) is 6.11. The predicted octanol–water partition coefficient (Wildman–Crippen LogP) is 3.06. The average molecular weight is 300 g/mol. The minimum Gasteiger partial charge on any atom is -0.330 e. The normalized spacial score (nSPS) is 12.2. The summed E-state index contributed by atoms with van der Waals surface area (Å²) in [6.07, 6.45) is 3.20. The Morgan fingerprint density at radius 3 is 2.64 bits per heavy atom. The molecular weight excluding hydrogens is 284 g/mol. The molecule has 1 rings (SSSR count). The van der Waals surface area contributed by atoms with Crippen molar-refractivity contribution < 1.29 is 0 Å². The van der Waals surface area contributed by atoms with E-state index >= 15 is 0 Å². The highest BCUT2D eigenvalue weighted by atomic mass is 79.9. The van der Waals surface area contributed by atoms with Crippen LogP contribution in [0.25, 0.3) is 0 Å². The number of thiophene rings is 1. The molecule has 0 saturated carbocycles. The van der Waals surface area contributed by atoms with Gasteiger partial charge < -0.3 is 11.5 Å². The molecule has 0 amide bonds. The molecule has 0 bridgehead atoms. The molecule has 5 heteroatoms. The summed E-state index contributed by atoms with van der Waals surface area (Å²) in [4.78, 5) is 1.25. The molecule has 0 spiro atoms. The van der Waals surface area contributed by atoms with E-state index in [4.69, 9.17) is 11.5 Å².